The summed E-state index contributed by atoms with van der Waals surface area (Å²) in [7, 11) is 0. The third kappa shape index (κ3) is 3.89. The maximum atomic E-state index is 12.6. The Balaban J connectivity index is 1.81. The minimum absolute atomic E-state index is 0.243. The lowest BCUT2D eigenvalue weighted by Gasteiger charge is -2.25. The van der Waals surface area contributed by atoms with Gasteiger partial charge in [0, 0.05) is 28.2 Å². The molecule has 0 radical (unpaired) electrons. The van der Waals surface area contributed by atoms with Crippen LogP contribution in [0.15, 0.2) is 48.5 Å². The van der Waals surface area contributed by atoms with Gasteiger partial charge in [0.2, 0.25) is 0 Å². The highest BCUT2D eigenvalue weighted by Crippen LogP contribution is 2.34. The summed E-state index contributed by atoms with van der Waals surface area (Å²) in [5, 5.41) is 13.1. The molecule has 1 saturated heterocycles. The molecule has 0 bridgehead atoms. The van der Waals surface area contributed by atoms with E-state index in [1.54, 1.807) is 18.2 Å². The highest BCUT2D eigenvalue weighted by atomic mass is 35.5. The molecule has 25 heavy (non-hydrogen) atoms. The summed E-state index contributed by atoms with van der Waals surface area (Å²) in [4.78, 5) is 25.7. The first-order chi connectivity index (χ1) is 12.0. The van der Waals surface area contributed by atoms with Gasteiger partial charge in [0.25, 0.3) is 0 Å². The molecule has 5 nitrogen and oxygen atoms in total. The van der Waals surface area contributed by atoms with Crippen molar-refractivity contribution in [1.82, 2.24) is 4.90 Å². The number of benzene rings is 2. The smallest absolute Gasteiger partial charge is 0.327 e. The number of hydrogen-bond acceptors (Lipinski definition) is 2. The van der Waals surface area contributed by atoms with Crippen LogP contribution in [0.2, 0.25) is 10.0 Å². The molecule has 2 amide bonds. The molecule has 0 saturated carbocycles. The molecule has 3 rings (SSSR count). The van der Waals surface area contributed by atoms with Crippen molar-refractivity contribution < 1.29 is 14.7 Å². The van der Waals surface area contributed by atoms with E-state index in [0.29, 0.717) is 28.7 Å². The maximum absolute atomic E-state index is 12.6. The monoisotopic (exact) mass is 378 g/mol. The van der Waals surface area contributed by atoms with Gasteiger partial charge in [-0.1, -0.05) is 53.5 Å². The summed E-state index contributed by atoms with van der Waals surface area (Å²) >= 11 is 11.9. The number of carboxylic acid groups (broad SMARTS) is 1. The topological polar surface area (TPSA) is 69.6 Å². The van der Waals surface area contributed by atoms with Crippen LogP contribution in [0.4, 0.5) is 10.5 Å². The average molecular weight is 379 g/mol. The fourth-order valence-electron chi connectivity index (χ4n) is 3.20. The predicted octanol–water partition coefficient (Wildman–Crippen LogP) is 4.47. The molecule has 0 aromatic heterocycles. The van der Waals surface area contributed by atoms with Crippen LogP contribution in [0.1, 0.15) is 17.9 Å². The number of nitrogens with zero attached hydrogens (tertiary/aromatic N) is 1. The molecule has 130 valence electrons. The van der Waals surface area contributed by atoms with Crippen molar-refractivity contribution in [2.45, 2.75) is 18.4 Å². The van der Waals surface area contributed by atoms with E-state index in [4.69, 9.17) is 23.2 Å². The molecule has 2 atom stereocenters. The minimum atomic E-state index is -1.02. The van der Waals surface area contributed by atoms with Crippen LogP contribution in [-0.4, -0.2) is 34.6 Å². The summed E-state index contributed by atoms with van der Waals surface area (Å²) < 4.78 is 0. The highest BCUT2D eigenvalue weighted by Gasteiger charge is 2.42. The van der Waals surface area contributed by atoms with Crippen molar-refractivity contribution in [3.63, 3.8) is 0 Å². The van der Waals surface area contributed by atoms with Crippen LogP contribution in [-0.2, 0) is 4.79 Å². The van der Waals surface area contributed by atoms with Crippen molar-refractivity contribution in [1.29, 1.82) is 0 Å². The SMILES string of the molecule is O=C(O)[C@H]1C(c2ccccc2)CCN1C(=O)Nc1cc(Cl)cc(Cl)c1. The molecule has 2 aromatic carbocycles. The first-order valence-corrected chi connectivity index (χ1v) is 8.53. The van der Waals surface area contributed by atoms with Gasteiger partial charge in [0.05, 0.1) is 0 Å². The summed E-state index contributed by atoms with van der Waals surface area (Å²) in [5.41, 5.74) is 1.34. The minimum Gasteiger partial charge on any atom is -0.480 e. The molecule has 2 aromatic rings. The lowest BCUT2D eigenvalue weighted by Crippen LogP contribution is -2.44. The molecular formula is C18H16Cl2N2O3. The number of halogens is 2. The lowest BCUT2D eigenvalue weighted by atomic mass is 9.92. The fourth-order valence-corrected chi connectivity index (χ4v) is 3.72. The Morgan fingerprint density at radius 2 is 1.72 bits per heavy atom. The zero-order valence-electron chi connectivity index (χ0n) is 13.2. The van der Waals surface area contributed by atoms with Gasteiger partial charge in [-0.25, -0.2) is 9.59 Å². The second kappa shape index (κ2) is 7.33. The third-order valence-electron chi connectivity index (χ3n) is 4.25. The van der Waals surface area contributed by atoms with Crippen molar-refractivity contribution in [3.8, 4) is 0 Å². The molecule has 1 aliphatic rings. The number of urea groups is 1. The van der Waals surface area contributed by atoms with E-state index in [1.165, 1.54) is 4.90 Å². The second-order valence-electron chi connectivity index (χ2n) is 5.87. The summed E-state index contributed by atoms with van der Waals surface area (Å²) in [6.07, 6.45) is 0.588. The first-order valence-electron chi connectivity index (χ1n) is 7.77. The van der Waals surface area contributed by atoms with E-state index >= 15 is 0 Å². The van der Waals surface area contributed by atoms with Crippen LogP contribution in [0.25, 0.3) is 0 Å². The number of likely N-dealkylation sites (tertiary alicyclic amines) is 1. The van der Waals surface area contributed by atoms with Crippen molar-refractivity contribution in [3.05, 3.63) is 64.1 Å². The zero-order valence-corrected chi connectivity index (χ0v) is 14.7. The standard InChI is InChI=1S/C18H16Cl2N2O3/c19-12-8-13(20)10-14(9-12)21-18(25)22-7-6-15(16(22)17(23)24)11-4-2-1-3-5-11/h1-5,8-10,15-16H,6-7H2,(H,21,25)(H,23,24)/t15?,16-/m1/s1. The number of rotatable bonds is 3. The van der Waals surface area contributed by atoms with Crippen LogP contribution in [0.3, 0.4) is 0 Å². The van der Waals surface area contributed by atoms with Crippen molar-refractivity contribution in [2.24, 2.45) is 0 Å². The molecular weight excluding hydrogens is 363 g/mol. The maximum Gasteiger partial charge on any atom is 0.327 e. The van der Waals surface area contributed by atoms with Crippen LogP contribution >= 0.6 is 23.2 Å². The summed E-state index contributed by atoms with van der Waals surface area (Å²) in [6, 6.07) is 12.7. The highest BCUT2D eigenvalue weighted by molar-refractivity contribution is 6.35. The molecule has 1 unspecified atom stereocenters. The molecule has 7 heteroatoms. The number of carbonyl (C=O) groups is 2. The largest absolute Gasteiger partial charge is 0.480 e. The van der Waals surface area contributed by atoms with Gasteiger partial charge in [0.1, 0.15) is 6.04 Å². The van der Waals surface area contributed by atoms with E-state index in [1.807, 2.05) is 30.3 Å². The summed E-state index contributed by atoms with van der Waals surface area (Å²) in [5.74, 6) is -1.27. The van der Waals surface area contributed by atoms with Gasteiger partial charge in [0.15, 0.2) is 0 Å². The van der Waals surface area contributed by atoms with Crippen LogP contribution < -0.4 is 5.32 Å². The molecule has 0 spiro atoms. The Bertz CT molecular complexity index is 778. The van der Waals surface area contributed by atoms with Gasteiger partial charge in [-0.15, -0.1) is 0 Å². The van der Waals surface area contributed by atoms with Crippen LogP contribution in [0, 0.1) is 0 Å². The van der Waals surface area contributed by atoms with Crippen molar-refractivity contribution in [2.75, 3.05) is 11.9 Å². The first kappa shape index (κ1) is 17.6. The zero-order chi connectivity index (χ0) is 18.0. The second-order valence-corrected chi connectivity index (χ2v) is 6.74. The molecule has 0 aliphatic carbocycles. The Hall–Kier alpha value is -2.24. The Kier molecular flexibility index (Phi) is 5.16. The predicted molar refractivity (Wildman–Crippen MR) is 97.4 cm³/mol. The normalized spacial score (nSPS) is 19.7. The third-order valence-corrected chi connectivity index (χ3v) is 4.69. The van der Waals surface area contributed by atoms with Gasteiger partial charge in [-0.2, -0.15) is 0 Å². The fraction of sp³-hybridized carbons (Fsp3) is 0.222. The average Bonchev–Trinajstić information content (AvgIpc) is 3.00. The molecule has 1 heterocycles. The Labute approximate surface area is 155 Å². The van der Waals surface area contributed by atoms with Gasteiger partial charge in [-0.05, 0) is 30.2 Å². The molecule has 2 N–H and O–H groups in total. The Morgan fingerprint density at radius 1 is 1.08 bits per heavy atom. The van der Waals surface area contributed by atoms with E-state index in [9.17, 15) is 14.7 Å². The summed E-state index contributed by atoms with van der Waals surface area (Å²) in [6.45, 7) is 0.358. The number of hydrogen-bond donors (Lipinski definition) is 2. The van der Waals surface area contributed by atoms with Gasteiger partial charge < -0.3 is 15.3 Å². The van der Waals surface area contributed by atoms with E-state index < -0.39 is 18.0 Å². The number of amides is 2. The van der Waals surface area contributed by atoms with E-state index in [0.717, 1.165) is 5.56 Å². The Morgan fingerprint density at radius 3 is 2.32 bits per heavy atom. The van der Waals surface area contributed by atoms with Gasteiger partial charge in [-0.3, -0.25) is 0 Å². The van der Waals surface area contributed by atoms with E-state index in [2.05, 4.69) is 5.32 Å². The van der Waals surface area contributed by atoms with E-state index in [-0.39, 0.29) is 5.92 Å². The molecule has 1 aliphatic heterocycles. The number of carbonyl (C=O) groups excluding carboxylic acids is 1. The molecule has 1 fully saturated rings. The number of aliphatic carboxylic acids is 1. The quantitative estimate of drug-likeness (QED) is 0.827. The van der Waals surface area contributed by atoms with Gasteiger partial charge >= 0.3 is 12.0 Å². The van der Waals surface area contributed by atoms with Crippen molar-refractivity contribution >= 4 is 40.9 Å². The number of carboxylic acids is 1. The van der Waals surface area contributed by atoms with Crippen LogP contribution in [0.5, 0.6) is 0 Å². The number of nitrogens with one attached hydrogen (secondary N) is 1. The number of anilines is 1. The lowest BCUT2D eigenvalue weighted by molar-refractivity contribution is -0.141.